The van der Waals surface area contributed by atoms with E-state index in [0.717, 1.165) is 10.3 Å². The zero-order valence-electron chi connectivity index (χ0n) is 17.4. The molecule has 0 spiro atoms. The second kappa shape index (κ2) is 8.43. The van der Waals surface area contributed by atoms with Crippen LogP contribution < -0.4 is 21.0 Å². The topological polar surface area (TPSA) is 67.5 Å². The Morgan fingerprint density at radius 2 is 1.48 bits per heavy atom. The van der Waals surface area contributed by atoms with Crippen molar-refractivity contribution in [1.29, 1.82) is 0 Å². The summed E-state index contributed by atoms with van der Waals surface area (Å²) in [6.07, 6.45) is 0. The second-order valence-electron chi connectivity index (χ2n) is 7.57. The highest BCUT2D eigenvalue weighted by Crippen LogP contribution is 2.28. The Kier molecular flexibility index (Phi) is 5.69. The minimum Gasteiger partial charge on any atom is -0.367 e. The first-order chi connectivity index (χ1) is 14.9. The molecule has 1 aromatic heterocycles. The average Bonchev–Trinajstić information content (AvgIpc) is 2.80. The fourth-order valence-corrected chi connectivity index (χ4v) is 4.08. The van der Waals surface area contributed by atoms with Gasteiger partial charge in [-0.2, -0.15) is 0 Å². The SMILES string of the molecule is Cn1c(N2CCN(c3ccc(Cl)cc3C(=O)c3ccccc3)CC2)cc(=O)n(C)c1=O. The van der Waals surface area contributed by atoms with Crippen LogP contribution in [-0.2, 0) is 14.1 Å². The summed E-state index contributed by atoms with van der Waals surface area (Å²) in [5.41, 5.74) is 1.33. The van der Waals surface area contributed by atoms with E-state index in [1.165, 1.54) is 17.7 Å². The minimum absolute atomic E-state index is 0.0746. The molecule has 0 bridgehead atoms. The maximum Gasteiger partial charge on any atom is 0.332 e. The standard InChI is InChI=1S/C23H23ClN4O3/c1-25-20(15-21(29)26(2)23(25)31)28-12-10-27(11-13-28)19-9-8-17(24)14-18(19)22(30)16-6-4-3-5-7-16/h3-9,14-15H,10-13H2,1-2H3. The van der Waals surface area contributed by atoms with E-state index in [1.54, 1.807) is 31.3 Å². The molecule has 7 nitrogen and oxygen atoms in total. The second-order valence-corrected chi connectivity index (χ2v) is 8.01. The molecule has 4 rings (SSSR count). The molecule has 1 saturated heterocycles. The van der Waals surface area contributed by atoms with Crippen molar-refractivity contribution >= 4 is 28.9 Å². The molecule has 0 aliphatic carbocycles. The Hall–Kier alpha value is -3.32. The van der Waals surface area contributed by atoms with Crippen LogP contribution in [0.1, 0.15) is 15.9 Å². The Balaban J connectivity index is 1.60. The Morgan fingerprint density at radius 3 is 2.16 bits per heavy atom. The van der Waals surface area contributed by atoms with Crippen molar-refractivity contribution in [3.8, 4) is 0 Å². The van der Waals surface area contributed by atoms with Crippen molar-refractivity contribution in [3.05, 3.63) is 91.6 Å². The molecule has 160 valence electrons. The molecule has 2 aromatic carbocycles. The van der Waals surface area contributed by atoms with Gasteiger partial charge in [0.2, 0.25) is 0 Å². The number of halogens is 1. The van der Waals surface area contributed by atoms with Gasteiger partial charge in [0.1, 0.15) is 5.82 Å². The summed E-state index contributed by atoms with van der Waals surface area (Å²) in [5, 5.41) is 0.511. The molecule has 8 heteroatoms. The third-order valence-corrected chi connectivity index (χ3v) is 5.92. The minimum atomic E-state index is -0.349. The molecule has 3 aromatic rings. The summed E-state index contributed by atoms with van der Waals surface area (Å²) in [7, 11) is 3.14. The van der Waals surface area contributed by atoms with Crippen LogP contribution in [0.2, 0.25) is 5.02 Å². The lowest BCUT2D eigenvalue weighted by Crippen LogP contribution is -2.49. The first-order valence-corrected chi connectivity index (χ1v) is 10.4. The first-order valence-electron chi connectivity index (χ1n) is 10.0. The fourth-order valence-electron chi connectivity index (χ4n) is 3.91. The number of anilines is 2. The Labute approximate surface area is 184 Å². The number of carbonyl (C=O) groups is 1. The molecular weight excluding hydrogens is 416 g/mol. The third kappa shape index (κ3) is 4.01. The molecule has 0 unspecified atom stereocenters. The van der Waals surface area contributed by atoms with Crippen molar-refractivity contribution in [2.75, 3.05) is 36.0 Å². The van der Waals surface area contributed by atoms with Gasteiger partial charge < -0.3 is 9.80 Å². The summed E-state index contributed by atoms with van der Waals surface area (Å²) >= 11 is 6.21. The number of piperazine rings is 1. The first kappa shape index (κ1) is 20.9. The molecule has 1 fully saturated rings. The van der Waals surface area contributed by atoms with Crippen molar-refractivity contribution in [1.82, 2.24) is 9.13 Å². The largest absolute Gasteiger partial charge is 0.367 e. The zero-order valence-corrected chi connectivity index (χ0v) is 18.2. The van der Waals surface area contributed by atoms with Crippen molar-refractivity contribution in [2.24, 2.45) is 14.1 Å². The van der Waals surface area contributed by atoms with Crippen molar-refractivity contribution in [2.45, 2.75) is 0 Å². The highest BCUT2D eigenvalue weighted by atomic mass is 35.5. The number of hydrogen-bond donors (Lipinski definition) is 0. The Morgan fingerprint density at radius 1 is 0.839 bits per heavy atom. The van der Waals surface area contributed by atoms with E-state index in [-0.39, 0.29) is 17.0 Å². The van der Waals surface area contributed by atoms with E-state index < -0.39 is 0 Å². The van der Waals surface area contributed by atoms with Gasteiger partial charge >= 0.3 is 5.69 Å². The van der Waals surface area contributed by atoms with E-state index in [2.05, 4.69) is 4.90 Å². The van der Waals surface area contributed by atoms with Gasteiger partial charge in [0.15, 0.2) is 5.78 Å². The van der Waals surface area contributed by atoms with Crippen LogP contribution in [0.4, 0.5) is 11.5 Å². The van der Waals surface area contributed by atoms with Crippen LogP contribution in [-0.4, -0.2) is 41.1 Å². The van der Waals surface area contributed by atoms with E-state index >= 15 is 0 Å². The average molecular weight is 439 g/mol. The van der Waals surface area contributed by atoms with Crippen LogP contribution in [0.15, 0.2) is 64.2 Å². The number of nitrogens with zero attached hydrogens (tertiary/aromatic N) is 4. The molecular formula is C23H23ClN4O3. The Bertz CT molecular complexity index is 1240. The highest BCUT2D eigenvalue weighted by molar-refractivity contribution is 6.31. The van der Waals surface area contributed by atoms with Crippen molar-refractivity contribution < 1.29 is 4.79 Å². The maximum atomic E-state index is 13.1. The quantitative estimate of drug-likeness (QED) is 0.585. The smallest absolute Gasteiger partial charge is 0.332 e. The highest BCUT2D eigenvalue weighted by Gasteiger charge is 2.24. The molecule has 1 aliphatic heterocycles. The molecule has 0 radical (unpaired) electrons. The molecule has 0 atom stereocenters. The molecule has 31 heavy (non-hydrogen) atoms. The van der Waals surface area contributed by atoms with E-state index in [0.29, 0.717) is 48.1 Å². The molecule has 0 amide bonds. The molecule has 2 heterocycles. The lowest BCUT2D eigenvalue weighted by molar-refractivity contribution is 0.103. The molecule has 0 saturated carbocycles. The van der Waals surface area contributed by atoms with Gasteiger partial charge in [-0.25, -0.2) is 4.79 Å². The van der Waals surface area contributed by atoms with Gasteiger partial charge in [-0.3, -0.25) is 18.7 Å². The monoisotopic (exact) mass is 438 g/mol. The predicted octanol–water partition coefficient (Wildman–Crippen LogP) is 2.29. The summed E-state index contributed by atoms with van der Waals surface area (Å²) in [5.74, 6) is 0.527. The molecule has 1 aliphatic rings. The fraction of sp³-hybridized carbons (Fsp3) is 0.261. The van der Waals surface area contributed by atoms with E-state index in [9.17, 15) is 14.4 Å². The van der Waals surface area contributed by atoms with Crippen molar-refractivity contribution in [3.63, 3.8) is 0 Å². The molecule has 0 N–H and O–H groups in total. The van der Waals surface area contributed by atoms with Gasteiger partial charge in [0.25, 0.3) is 5.56 Å². The van der Waals surface area contributed by atoms with Gasteiger partial charge in [-0.05, 0) is 18.2 Å². The number of carbonyl (C=O) groups excluding carboxylic acids is 1. The number of rotatable bonds is 4. The van der Waals surface area contributed by atoms with Crippen LogP contribution >= 0.6 is 11.6 Å². The van der Waals surface area contributed by atoms with E-state index in [1.807, 2.05) is 29.2 Å². The number of benzene rings is 2. The predicted molar refractivity (Wildman–Crippen MR) is 123 cm³/mol. The van der Waals surface area contributed by atoms with Crippen LogP contribution in [0.25, 0.3) is 0 Å². The lowest BCUT2D eigenvalue weighted by Gasteiger charge is -2.38. The summed E-state index contributed by atoms with van der Waals surface area (Å²) in [6, 6.07) is 16.0. The van der Waals surface area contributed by atoms with Crippen LogP contribution in [0.5, 0.6) is 0 Å². The number of ketones is 1. The van der Waals surface area contributed by atoms with Gasteiger partial charge in [-0.1, -0.05) is 41.9 Å². The van der Waals surface area contributed by atoms with Crippen LogP contribution in [0, 0.1) is 0 Å². The zero-order chi connectivity index (χ0) is 22.1. The number of hydrogen-bond acceptors (Lipinski definition) is 5. The maximum absolute atomic E-state index is 13.1. The van der Waals surface area contributed by atoms with Crippen LogP contribution in [0.3, 0.4) is 0 Å². The lowest BCUT2D eigenvalue weighted by atomic mass is 10.0. The van der Waals surface area contributed by atoms with Gasteiger partial charge in [0.05, 0.1) is 0 Å². The van der Waals surface area contributed by atoms with Gasteiger partial charge in [0, 0.05) is 68.2 Å². The summed E-state index contributed by atoms with van der Waals surface area (Å²) in [6.45, 7) is 2.50. The normalized spacial score (nSPS) is 14.0. The summed E-state index contributed by atoms with van der Waals surface area (Å²) in [4.78, 5) is 41.6. The number of aromatic nitrogens is 2. The van der Waals surface area contributed by atoms with E-state index in [4.69, 9.17) is 11.6 Å². The van der Waals surface area contributed by atoms with Gasteiger partial charge in [-0.15, -0.1) is 0 Å². The third-order valence-electron chi connectivity index (χ3n) is 5.68. The summed E-state index contributed by atoms with van der Waals surface area (Å²) < 4.78 is 2.58.